The molecule has 1 amide bonds. The van der Waals surface area contributed by atoms with Crippen LogP contribution in [0.4, 0.5) is 5.69 Å². The summed E-state index contributed by atoms with van der Waals surface area (Å²) in [6.07, 6.45) is 0. The van der Waals surface area contributed by atoms with Crippen LogP contribution in [-0.2, 0) is 0 Å². The molecule has 0 unspecified atom stereocenters. The number of hydrogen-bond acceptors (Lipinski definition) is 5. The van der Waals surface area contributed by atoms with Crippen LogP contribution < -0.4 is 4.90 Å². The normalized spacial score (nSPS) is 13.2. The molecule has 3 heterocycles. The van der Waals surface area contributed by atoms with E-state index in [1.807, 2.05) is 72.8 Å². The highest BCUT2D eigenvalue weighted by molar-refractivity contribution is 7.99. The summed E-state index contributed by atoms with van der Waals surface area (Å²) in [6.45, 7) is 0. The van der Waals surface area contributed by atoms with Crippen LogP contribution in [0, 0.1) is 0 Å². The predicted octanol–water partition coefficient (Wildman–Crippen LogP) is 5.63. The summed E-state index contributed by atoms with van der Waals surface area (Å²) in [4.78, 5) is 24.4. The van der Waals surface area contributed by atoms with Crippen molar-refractivity contribution in [2.24, 2.45) is 0 Å². The Hall–Kier alpha value is -3.84. The van der Waals surface area contributed by atoms with Crippen LogP contribution in [-0.4, -0.2) is 28.1 Å². The quantitative estimate of drug-likeness (QED) is 0.398. The standard InChI is InChI=1S/C24H16N4O2S/c1-28-19-11-10-15(13-21(19)31-20-9-5-3-7-16(20)24(28)29)22-26-23(30-27-22)18-12-14-6-2-4-8-17(14)25-18/h2-13,25H,1H3. The Morgan fingerprint density at radius 1 is 0.968 bits per heavy atom. The van der Waals surface area contributed by atoms with Crippen LogP contribution in [0.1, 0.15) is 10.4 Å². The Kier molecular flexibility index (Phi) is 3.97. The van der Waals surface area contributed by atoms with Gasteiger partial charge in [-0.05, 0) is 42.5 Å². The van der Waals surface area contributed by atoms with Crippen molar-refractivity contribution < 1.29 is 9.32 Å². The van der Waals surface area contributed by atoms with Gasteiger partial charge in [0.25, 0.3) is 11.8 Å². The molecule has 0 radical (unpaired) electrons. The summed E-state index contributed by atoms with van der Waals surface area (Å²) in [7, 11) is 1.80. The molecule has 7 heteroatoms. The maximum atomic E-state index is 12.9. The minimum Gasteiger partial charge on any atom is -0.351 e. The molecule has 3 aromatic carbocycles. The monoisotopic (exact) mass is 424 g/mol. The van der Waals surface area contributed by atoms with Gasteiger partial charge in [-0.1, -0.05) is 47.3 Å². The maximum Gasteiger partial charge on any atom is 0.274 e. The molecule has 1 aliphatic heterocycles. The number of amides is 1. The smallest absolute Gasteiger partial charge is 0.274 e. The summed E-state index contributed by atoms with van der Waals surface area (Å²) in [5, 5.41) is 5.28. The molecule has 1 aliphatic rings. The second kappa shape index (κ2) is 6.85. The molecular weight excluding hydrogens is 408 g/mol. The summed E-state index contributed by atoms with van der Waals surface area (Å²) in [5.41, 5.74) is 4.19. The van der Waals surface area contributed by atoms with Crippen molar-refractivity contribution >= 4 is 34.3 Å². The number of anilines is 1. The third-order valence-electron chi connectivity index (χ3n) is 5.41. The fourth-order valence-electron chi connectivity index (χ4n) is 3.79. The first-order valence-electron chi connectivity index (χ1n) is 9.78. The van der Waals surface area contributed by atoms with E-state index in [2.05, 4.69) is 15.1 Å². The van der Waals surface area contributed by atoms with E-state index in [0.29, 0.717) is 17.3 Å². The van der Waals surface area contributed by atoms with Crippen molar-refractivity contribution in [3.63, 3.8) is 0 Å². The van der Waals surface area contributed by atoms with Crippen molar-refractivity contribution in [1.29, 1.82) is 0 Å². The highest BCUT2D eigenvalue weighted by atomic mass is 32.2. The third kappa shape index (κ3) is 2.93. The number of para-hydroxylation sites is 1. The number of nitrogens with zero attached hydrogens (tertiary/aromatic N) is 3. The van der Waals surface area contributed by atoms with Crippen LogP contribution in [0.15, 0.2) is 87.1 Å². The molecular formula is C24H16N4O2S. The molecule has 6 nitrogen and oxygen atoms in total. The minimum atomic E-state index is -0.0183. The first kappa shape index (κ1) is 18.0. The molecule has 0 aliphatic carbocycles. The van der Waals surface area contributed by atoms with E-state index in [0.717, 1.165) is 37.6 Å². The number of benzene rings is 3. The van der Waals surface area contributed by atoms with Gasteiger partial charge in [-0.2, -0.15) is 4.98 Å². The van der Waals surface area contributed by atoms with Gasteiger partial charge in [0.05, 0.1) is 11.3 Å². The Labute approximate surface area is 181 Å². The van der Waals surface area contributed by atoms with E-state index < -0.39 is 0 Å². The maximum absolute atomic E-state index is 12.9. The number of nitrogens with one attached hydrogen (secondary N) is 1. The zero-order valence-electron chi connectivity index (χ0n) is 16.5. The lowest BCUT2D eigenvalue weighted by Gasteiger charge is -2.17. The molecule has 0 atom stereocenters. The van der Waals surface area contributed by atoms with Crippen LogP contribution in [0.3, 0.4) is 0 Å². The lowest BCUT2D eigenvalue weighted by atomic mass is 10.1. The van der Waals surface area contributed by atoms with E-state index in [9.17, 15) is 4.79 Å². The van der Waals surface area contributed by atoms with E-state index >= 15 is 0 Å². The highest BCUT2D eigenvalue weighted by Gasteiger charge is 2.25. The fraction of sp³-hybridized carbons (Fsp3) is 0.0417. The third-order valence-corrected chi connectivity index (χ3v) is 6.53. The molecule has 0 saturated heterocycles. The molecule has 0 spiro atoms. The van der Waals surface area contributed by atoms with Crippen LogP contribution in [0.2, 0.25) is 0 Å². The number of carbonyl (C=O) groups is 1. The fourth-order valence-corrected chi connectivity index (χ4v) is 4.94. The average Bonchev–Trinajstić information content (AvgIpc) is 3.43. The Bertz CT molecular complexity index is 1440. The zero-order valence-corrected chi connectivity index (χ0v) is 17.3. The lowest BCUT2D eigenvalue weighted by molar-refractivity contribution is 0.0990. The lowest BCUT2D eigenvalue weighted by Crippen LogP contribution is -2.25. The van der Waals surface area contributed by atoms with Crippen molar-refractivity contribution in [3.8, 4) is 23.0 Å². The van der Waals surface area contributed by atoms with E-state index in [1.54, 1.807) is 23.7 Å². The number of rotatable bonds is 2. The number of H-pyrrole nitrogens is 1. The van der Waals surface area contributed by atoms with Crippen molar-refractivity contribution in [2.75, 3.05) is 11.9 Å². The number of carbonyl (C=O) groups excluding carboxylic acids is 1. The van der Waals surface area contributed by atoms with Gasteiger partial charge in [-0.3, -0.25) is 4.79 Å². The summed E-state index contributed by atoms with van der Waals surface area (Å²) in [6, 6.07) is 23.5. The van der Waals surface area contributed by atoms with Gasteiger partial charge in [0.1, 0.15) is 5.69 Å². The molecule has 31 heavy (non-hydrogen) atoms. The van der Waals surface area contributed by atoms with Crippen LogP contribution >= 0.6 is 11.8 Å². The topological polar surface area (TPSA) is 75.0 Å². The number of hydrogen-bond donors (Lipinski definition) is 1. The van der Waals surface area contributed by atoms with Crippen molar-refractivity contribution in [2.45, 2.75) is 9.79 Å². The van der Waals surface area contributed by atoms with E-state index in [1.165, 1.54) is 0 Å². The molecule has 1 N–H and O–H groups in total. The Balaban J connectivity index is 1.40. The van der Waals surface area contributed by atoms with Gasteiger partial charge in [0.15, 0.2) is 0 Å². The molecule has 6 rings (SSSR count). The highest BCUT2D eigenvalue weighted by Crippen LogP contribution is 2.42. The van der Waals surface area contributed by atoms with Gasteiger partial charge >= 0.3 is 0 Å². The van der Waals surface area contributed by atoms with Crippen LogP contribution in [0.5, 0.6) is 0 Å². The SMILES string of the molecule is CN1C(=O)c2ccccc2Sc2cc(-c3noc(-c4cc5ccccc5[nH]4)n3)ccc21. The first-order chi connectivity index (χ1) is 15.2. The van der Waals surface area contributed by atoms with E-state index in [-0.39, 0.29) is 5.91 Å². The largest absolute Gasteiger partial charge is 0.351 e. The molecule has 2 aromatic heterocycles. The molecule has 0 saturated carbocycles. The number of aromatic amines is 1. The van der Waals surface area contributed by atoms with Gasteiger partial charge in [-0.15, -0.1) is 0 Å². The second-order valence-electron chi connectivity index (χ2n) is 7.34. The van der Waals surface area contributed by atoms with Gasteiger partial charge in [0.2, 0.25) is 5.82 Å². The van der Waals surface area contributed by atoms with Gasteiger partial charge in [0, 0.05) is 33.3 Å². The summed E-state index contributed by atoms with van der Waals surface area (Å²) < 4.78 is 5.53. The Morgan fingerprint density at radius 2 is 1.81 bits per heavy atom. The number of aromatic nitrogens is 3. The van der Waals surface area contributed by atoms with Crippen molar-refractivity contribution in [1.82, 2.24) is 15.1 Å². The minimum absolute atomic E-state index is 0.0183. The summed E-state index contributed by atoms with van der Waals surface area (Å²) >= 11 is 1.57. The predicted molar refractivity (Wildman–Crippen MR) is 120 cm³/mol. The molecule has 0 fully saturated rings. The first-order valence-corrected chi connectivity index (χ1v) is 10.6. The van der Waals surface area contributed by atoms with Gasteiger partial charge < -0.3 is 14.4 Å². The van der Waals surface area contributed by atoms with Crippen LogP contribution in [0.25, 0.3) is 33.9 Å². The van der Waals surface area contributed by atoms with Gasteiger partial charge in [-0.25, -0.2) is 0 Å². The zero-order chi connectivity index (χ0) is 20.9. The second-order valence-corrected chi connectivity index (χ2v) is 8.42. The Morgan fingerprint density at radius 3 is 2.71 bits per heavy atom. The summed E-state index contributed by atoms with van der Waals surface area (Å²) in [5.74, 6) is 0.922. The molecule has 0 bridgehead atoms. The number of fused-ring (bicyclic) bond motifs is 3. The van der Waals surface area contributed by atoms with Crippen molar-refractivity contribution in [3.05, 3.63) is 78.4 Å². The molecule has 150 valence electrons. The molecule has 5 aromatic rings. The van der Waals surface area contributed by atoms with E-state index in [4.69, 9.17) is 4.52 Å². The average molecular weight is 424 g/mol.